The number of benzene rings is 1. The molecule has 234 valence electrons. The lowest BCUT2D eigenvalue weighted by Crippen LogP contribution is -2.41. The summed E-state index contributed by atoms with van der Waals surface area (Å²) in [6, 6.07) is 8.34. The standard InChI is InChI=1S/C32H37F2N5O5/c1-20(2)39-29-27(31(40)37(32(39)41)15-5-17-43-26-6-3-4-16-42-26)38(18-21-9-11-23(33)12-10-21)28(36-29)24-13-14-25(34)35-30(24)44-19-22-7-8-22/h9-14,20,22,26H,3-8,15-19H2,1-2H3. The van der Waals surface area contributed by atoms with Crippen molar-refractivity contribution < 1.29 is 23.0 Å². The highest BCUT2D eigenvalue weighted by Gasteiger charge is 2.27. The van der Waals surface area contributed by atoms with Gasteiger partial charge < -0.3 is 18.8 Å². The molecule has 3 aromatic heterocycles. The number of pyridine rings is 1. The van der Waals surface area contributed by atoms with Gasteiger partial charge in [-0.05, 0) is 88.1 Å². The van der Waals surface area contributed by atoms with Crippen molar-refractivity contribution in [2.24, 2.45) is 5.92 Å². The van der Waals surface area contributed by atoms with Gasteiger partial charge in [0.05, 0.1) is 18.8 Å². The van der Waals surface area contributed by atoms with Crippen molar-refractivity contribution in [2.45, 2.75) is 77.8 Å². The van der Waals surface area contributed by atoms with Crippen molar-refractivity contribution in [3.05, 3.63) is 74.6 Å². The monoisotopic (exact) mass is 609 g/mol. The molecule has 0 bridgehead atoms. The molecule has 0 N–H and O–H groups in total. The van der Waals surface area contributed by atoms with Crippen molar-refractivity contribution in [1.29, 1.82) is 0 Å². The summed E-state index contributed by atoms with van der Waals surface area (Å²) in [5.41, 5.74) is 0.509. The second-order valence-corrected chi connectivity index (χ2v) is 11.8. The molecule has 4 aromatic rings. The average molecular weight is 610 g/mol. The summed E-state index contributed by atoms with van der Waals surface area (Å²) < 4.78 is 49.9. The normalized spacial score (nSPS) is 17.1. The second-order valence-electron chi connectivity index (χ2n) is 11.8. The van der Waals surface area contributed by atoms with Gasteiger partial charge in [0, 0.05) is 25.7 Å². The van der Waals surface area contributed by atoms with Crippen LogP contribution in [0.2, 0.25) is 0 Å². The van der Waals surface area contributed by atoms with E-state index in [1.54, 1.807) is 16.7 Å². The molecule has 1 aromatic carbocycles. The number of halogens is 2. The van der Waals surface area contributed by atoms with E-state index in [4.69, 9.17) is 19.2 Å². The zero-order valence-corrected chi connectivity index (χ0v) is 25.0. The molecule has 0 spiro atoms. The third-order valence-corrected chi connectivity index (χ3v) is 8.02. The Labute approximate surface area is 253 Å². The lowest BCUT2D eigenvalue weighted by Gasteiger charge is -2.22. The predicted molar refractivity (Wildman–Crippen MR) is 160 cm³/mol. The highest BCUT2D eigenvalue weighted by Crippen LogP contribution is 2.34. The molecule has 1 saturated carbocycles. The van der Waals surface area contributed by atoms with E-state index in [1.165, 1.54) is 33.4 Å². The number of ether oxygens (including phenoxy) is 3. The zero-order valence-electron chi connectivity index (χ0n) is 25.0. The quantitative estimate of drug-likeness (QED) is 0.164. The molecule has 1 atom stereocenters. The average Bonchev–Trinajstić information content (AvgIpc) is 3.77. The van der Waals surface area contributed by atoms with Gasteiger partial charge >= 0.3 is 5.69 Å². The summed E-state index contributed by atoms with van der Waals surface area (Å²) in [7, 11) is 0. The molecule has 4 heterocycles. The molecule has 44 heavy (non-hydrogen) atoms. The van der Waals surface area contributed by atoms with E-state index < -0.39 is 17.2 Å². The first-order chi connectivity index (χ1) is 21.3. The van der Waals surface area contributed by atoms with Crippen LogP contribution in [0.3, 0.4) is 0 Å². The summed E-state index contributed by atoms with van der Waals surface area (Å²) >= 11 is 0. The third-order valence-electron chi connectivity index (χ3n) is 8.02. The highest BCUT2D eigenvalue weighted by molar-refractivity contribution is 5.78. The van der Waals surface area contributed by atoms with Gasteiger partial charge in [0.2, 0.25) is 11.8 Å². The van der Waals surface area contributed by atoms with Crippen LogP contribution in [0.15, 0.2) is 46.0 Å². The highest BCUT2D eigenvalue weighted by atomic mass is 19.1. The largest absolute Gasteiger partial charge is 0.477 e. The number of nitrogens with zero attached hydrogens (tertiary/aromatic N) is 5. The number of fused-ring (bicyclic) bond motifs is 1. The lowest BCUT2D eigenvalue weighted by molar-refractivity contribution is -0.163. The van der Waals surface area contributed by atoms with Crippen LogP contribution in [-0.2, 0) is 22.6 Å². The van der Waals surface area contributed by atoms with Gasteiger partial charge in [0.25, 0.3) is 5.56 Å². The van der Waals surface area contributed by atoms with Crippen LogP contribution < -0.4 is 16.0 Å². The first-order valence-electron chi connectivity index (χ1n) is 15.3. The minimum absolute atomic E-state index is 0.0633. The Morgan fingerprint density at radius 3 is 2.50 bits per heavy atom. The van der Waals surface area contributed by atoms with Crippen molar-refractivity contribution >= 4 is 11.2 Å². The van der Waals surface area contributed by atoms with Gasteiger partial charge in [-0.3, -0.25) is 13.9 Å². The summed E-state index contributed by atoms with van der Waals surface area (Å²) in [6.45, 7) is 5.36. The maximum absolute atomic E-state index is 14.3. The molecule has 1 aliphatic carbocycles. The van der Waals surface area contributed by atoms with Crippen molar-refractivity contribution in [2.75, 3.05) is 19.8 Å². The fraction of sp³-hybridized carbons (Fsp3) is 0.500. The number of hydrogen-bond acceptors (Lipinski definition) is 7. The Hall–Kier alpha value is -3.90. The Kier molecular flexibility index (Phi) is 8.90. The predicted octanol–water partition coefficient (Wildman–Crippen LogP) is 5.05. The first-order valence-corrected chi connectivity index (χ1v) is 15.3. The number of hydrogen-bond donors (Lipinski definition) is 0. The Bertz CT molecular complexity index is 1740. The van der Waals surface area contributed by atoms with Gasteiger partial charge in [-0.1, -0.05) is 12.1 Å². The van der Waals surface area contributed by atoms with Gasteiger partial charge in [0.15, 0.2) is 17.5 Å². The minimum atomic E-state index is -0.706. The smallest absolute Gasteiger partial charge is 0.332 e. The van der Waals surface area contributed by atoms with Crippen LogP contribution in [-0.4, -0.2) is 49.8 Å². The van der Waals surface area contributed by atoms with Crippen LogP contribution in [0.1, 0.15) is 64.0 Å². The van der Waals surface area contributed by atoms with E-state index in [0.717, 1.165) is 32.1 Å². The van der Waals surface area contributed by atoms with E-state index in [1.807, 2.05) is 13.8 Å². The van der Waals surface area contributed by atoms with E-state index in [0.29, 0.717) is 49.1 Å². The van der Waals surface area contributed by atoms with Crippen LogP contribution >= 0.6 is 0 Å². The minimum Gasteiger partial charge on any atom is -0.477 e. The molecule has 12 heteroatoms. The molecule has 1 saturated heterocycles. The fourth-order valence-corrected chi connectivity index (χ4v) is 5.51. The molecule has 6 rings (SSSR count). The second kappa shape index (κ2) is 13.0. The van der Waals surface area contributed by atoms with E-state index in [-0.39, 0.29) is 48.3 Å². The van der Waals surface area contributed by atoms with Crippen molar-refractivity contribution in [3.8, 4) is 17.3 Å². The SMILES string of the molecule is CC(C)n1c(=O)n(CCCOC2CCCCO2)c(=O)c2c1nc(-c1ccc(F)nc1OCC1CC1)n2Cc1ccc(F)cc1. The van der Waals surface area contributed by atoms with Crippen LogP contribution in [0.25, 0.3) is 22.6 Å². The summed E-state index contributed by atoms with van der Waals surface area (Å²) in [4.78, 5) is 36.8. The fourth-order valence-electron chi connectivity index (χ4n) is 5.51. The van der Waals surface area contributed by atoms with Gasteiger partial charge in [0.1, 0.15) is 11.6 Å². The molecule has 10 nitrogen and oxygen atoms in total. The Morgan fingerprint density at radius 2 is 1.80 bits per heavy atom. The van der Waals surface area contributed by atoms with Gasteiger partial charge in [-0.2, -0.15) is 9.37 Å². The first kappa shape index (κ1) is 30.1. The van der Waals surface area contributed by atoms with E-state index >= 15 is 0 Å². The van der Waals surface area contributed by atoms with E-state index in [2.05, 4.69) is 4.98 Å². The molecular formula is C32H37F2N5O5. The van der Waals surface area contributed by atoms with Gasteiger partial charge in [-0.15, -0.1) is 0 Å². The summed E-state index contributed by atoms with van der Waals surface area (Å²) in [5.74, 6) is -0.349. The number of aromatic nitrogens is 5. The van der Waals surface area contributed by atoms with E-state index in [9.17, 15) is 18.4 Å². The lowest BCUT2D eigenvalue weighted by atomic mass is 10.2. The molecule has 1 aliphatic heterocycles. The number of imidazole rings is 1. The zero-order chi connectivity index (χ0) is 30.8. The molecule has 2 aliphatic rings. The van der Waals surface area contributed by atoms with Crippen LogP contribution in [0.5, 0.6) is 5.88 Å². The molecule has 2 fully saturated rings. The Morgan fingerprint density at radius 1 is 1.00 bits per heavy atom. The maximum Gasteiger partial charge on any atom is 0.332 e. The molecule has 0 radical (unpaired) electrons. The Balaban J connectivity index is 1.46. The topological polar surface area (TPSA) is 102 Å². The van der Waals surface area contributed by atoms with Crippen LogP contribution in [0, 0.1) is 17.7 Å². The van der Waals surface area contributed by atoms with Crippen molar-refractivity contribution in [1.82, 2.24) is 23.7 Å². The maximum atomic E-state index is 14.3. The summed E-state index contributed by atoms with van der Waals surface area (Å²) in [6.07, 6.45) is 5.10. The van der Waals surface area contributed by atoms with Crippen molar-refractivity contribution in [3.63, 3.8) is 0 Å². The molecule has 0 amide bonds. The van der Waals surface area contributed by atoms with Gasteiger partial charge in [-0.25, -0.2) is 14.2 Å². The summed E-state index contributed by atoms with van der Waals surface area (Å²) in [5, 5.41) is 0. The molecule has 1 unspecified atom stereocenters. The third kappa shape index (κ3) is 6.46. The molecular weight excluding hydrogens is 572 g/mol. The van der Waals surface area contributed by atoms with Crippen LogP contribution in [0.4, 0.5) is 8.78 Å². The number of rotatable bonds is 12.